The van der Waals surface area contributed by atoms with E-state index in [1.807, 2.05) is 6.92 Å². The van der Waals surface area contributed by atoms with Crippen LogP contribution in [-0.4, -0.2) is 24.8 Å². The summed E-state index contributed by atoms with van der Waals surface area (Å²) in [6.45, 7) is 4.77. The number of carbonyl (C=O) groups is 1. The minimum absolute atomic E-state index is 0.228. The van der Waals surface area contributed by atoms with Crippen molar-refractivity contribution in [1.82, 2.24) is 0 Å². The lowest BCUT2D eigenvalue weighted by Crippen LogP contribution is -2.17. The van der Waals surface area contributed by atoms with Crippen molar-refractivity contribution in [2.75, 3.05) is 13.2 Å². The molecular weight excluding hydrogens is 256 g/mol. The van der Waals surface area contributed by atoms with Gasteiger partial charge in [0, 0.05) is 17.5 Å². The fourth-order valence-corrected chi connectivity index (χ4v) is 1.47. The number of hydrogen-bond donors (Lipinski definition) is 0. The van der Waals surface area contributed by atoms with Gasteiger partial charge in [0.2, 0.25) is 0 Å². The van der Waals surface area contributed by atoms with E-state index in [0.29, 0.717) is 36.2 Å². The van der Waals surface area contributed by atoms with Crippen molar-refractivity contribution in [3.63, 3.8) is 0 Å². The largest absolute Gasteiger partial charge is 0.487 e. The van der Waals surface area contributed by atoms with Gasteiger partial charge in [-0.3, -0.25) is 4.79 Å². The third kappa shape index (κ3) is 3.37. The summed E-state index contributed by atoms with van der Waals surface area (Å²) in [5.74, 6) is 0.535. The first-order valence-corrected chi connectivity index (χ1v) is 6.17. The fraction of sp³-hybridized carbons (Fsp3) is 0.462. The number of esters is 1. The van der Waals surface area contributed by atoms with Gasteiger partial charge in [-0.05, 0) is 19.1 Å². The zero-order chi connectivity index (χ0) is 13.2. The van der Waals surface area contributed by atoms with Crippen molar-refractivity contribution in [3.05, 3.63) is 23.2 Å². The number of benzene rings is 1. The summed E-state index contributed by atoms with van der Waals surface area (Å²) < 4.78 is 16.0. The lowest BCUT2D eigenvalue weighted by atomic mass is 10.2. The van der Waals surface area contributed by atoms with Crippen molar-refractivity contribution in [1.29, 1.82) is 0 Å². The molecule has 98 valence electrons. The summed E-state index contributed by atoms with van der Waals surface area (Å²) in [6, 6.07) is 4.91. The zero-order valence-corrected chi connectivity index (χ0v) is 11.1. The highest BCUT2D eigenvalue weighted by atomic mass is 35.5. The maximum Gasteiger partial charge on any atom is 0.311 e. The van der Waals surface area contributed by atoms with Gasteiger partial charge >= 0.3 is 5.97 Å². The normalized spacial score (nSPS) is 21.5. The Labute approximate surface area is 111 Å². The van der Waals surface area contributed by atoms with E-state index in [2.05, 4.69) is 0 Å². The molecule has 1 aromatic rings. The highest BCUT2D eigenvalue weighted by molar-refractivity contribution is 6.30. The molecule has 1 aliphatic heterocycles. The number of epoxide rings is 1. The molecule has 1 heterocycles. The molecule has 0 N–H and O–H groups in total. The zero-order valence-electron chi connectivity index (χ0n) is 10.4. The van der Waals surface area contributed by atoms with Crippen LogP contribution in [0.25, 0.3) is 0 Å². The molecule has 1 aliphatic rings. The lowest BCUT2D eigenvalue weighted by molar-refractivity contribution is -0.134. The van der Waals surface area contributed by atoms with Crippen LogP contribution in [0.15, 0.2) is 18.2 Å². The number of rotatable bonds is 5. The van der Waals surface area contributed by atoms with Crippen LogP contribution in [0.5, 0.6) is 11.5 Å². The summed E-state index contributed by atoms with van der Waals surface area (Å²) in [6.07, 6.45) is 0.308. The number of carbonyl (C=O) groups excluding carboxylic acids is 1. The average molecular weight is 271 g/mol. The molecule has 0 aliphatic carbocycles. The maximum atomic E-state index is 11.3. The predicted molar refractivity (Wildman–Crippen MR) is 67.2 cm³/mol. The smallest absolute Gasteiger partial charge is 0.311 e. The van der Waals surface area contributed by atoms with Crippen molar-refractivity contribution in [3.8, 4) is 11.5 Å². The molecule has 1 aromatic carbocycles. The first-order chi connectivity index (χ1) is 8.52. The second kappa shape index (κ2) is 5.16. The molecular formula is C13H15ClO4. The molecule has 0 amide bonds. The minimum Gasteiger partial charge on any atom is -0.487 e. The molecule has 1 fully saturated rings. The van der Waals surface area contributed by atoms with Crippen molar-refractivity contribution in [2.45, 2.75) is 25.9 Å². The molecule has 0 radical (unpaired) electrons. The molecule has 1 saturated heterocycles. The van der Waals surface area contributed by atoms with Crippen LogP contribution in [-0.2, 0) is 9.53 Å². The highest BCUT2D eigenvalue weighted by Gasteiger charge is 2.40. The quantitative estimate of drug-likeness (QED) is 0.469. The van der Waals surface area contributed by atoms with E-state index in [0.717, 1.165) is 0 Å². The van der Waals surface area contributed by atoms with Gasteiger partial charge in [0.1, 0.15) is 12.2 Å². The predicted octanol–water partition coefficient (Wildman–Crippen LogP) is 2.82. The second-order valence-electron chi connectivity index (χ2n) is 4.45. The topological polar surface area (TPSA) is 48.1 Å². The highest BCUT2D eigenvalue weighted by Crippen LogP contribution is 2.33. The van der Waals surface area contributed by atoms with E-state index >= 15 is 0 Å². The Morgan fingerprint density at radius 1 is 1.50 bits per heavy atom. The molecule has 0 aromatic heterocycles. The molecule has 1 atom stereocenters. The Balaban J connectivity index is 2.09. The van der Waals surface area contributed by atoms with Crippen LogP contribution in [0.4, 0.5) is 0 Å². The Morgan fingerprint density at radius 3 is 2.83 bits per heavy atom. The van der Waals surface area contributed by atoms with Crippen LogP contribution in [0, 0.1) is 0 Å². The van der Waals surface area contributed by atoms with Crippen molar-refractivity contribution >= 4 is 17.6 Å². The van der Waals surface area contributed by atoms with Crippen LogP contribution in [0.1, 0.15) is 20.3 Å². The van der Waals surface area contributed by atoms with Gasteiger partial charge in [-0.1, -0.05) is 18.5 Å². The summed E-state index contributed by atoms with van der Waals surface area (Å²) in [5, 5.41) is 0.531. The lowest BCUT2D eigenvalue weighted by Gasteiger charge is -2.13. The molecule has 0 unspecified atom stereocenters. The summed E-state index contributed by atoms with van der Waals surface area (Å²) in [5.41, 5.74) is -0.228. The van der Waals surface area contributed by atoms with Crippen LogP contribution in [0.2, 0.25) is 5.02 Å². The molecule has 4 nitrogen and oxygen atoms in total. The first kappa shape index (κ1) is 13.2. The van der Waals surface area contributed by atoms with Gasteiger partial charge in [0.05, 0.1) is 6.61 Å². The first-order valence-electron chi connectivity index (χ1n) is 5.79. The SMILES string of the molecule is CCC(=O)Oc1ccc(Cl)cc1OC[C@]1(C)CO1. The molecule has 0 spiro atoms. The van der Waals surface area contributed by atoms with Crippen molar-refractivity contribution in [2.24, 2.45) is 0 Å². The van der Waals surface area contributed by atoms with Crippen LogP contribution < -0.4 is 9.47 Å². The van der Waals surface area contributed by atoms with E-state index in [4.69, 9.17) is 25.8 Å². The van der Waals surface area contributed by atoms with Gasteiger partial charge in [-0.15, -0.1) is 0 Å². The van der Waals surface area contributed by atoms with Crippen LogP contribution in [0.3, 0.4) is 0 Å². The third-order valence-electron chi connectivity index (χ3n) is 2.59. The number of ether oxygens (including phenoxy) is 3. The Morgan fingerprint density at radius 2 is 2.22 bits per heavy atom. The molecule has 0 bridgehead atoms. The van der Waals surface area contributed by atoms with Crippen molar-refractivity contribution < 1.29 is 19.0 Å². The standard InChI is InChI=1S/C13H15ClO4/c1-3-12(15)18-10-5-4-9(14)6-11(10)16-7-13(2)8-17-13/h4-6H,3,7-8H2,1-2H3/t13-/m1/s1. The summed E-state index contributed by atoms with van der Waals surface area (Å²) in [7, 11) is 0. The number of halogens is 1. The maximum absolute atomic E-state index is 11.3. The third-order valence-corrected chi connectivity index (χ3v) is 2.82. The van der Waals surface area contributed by atoms with Gasteiger partial charge in [0.15, 0.2) is 11.5 Å². The minimum atomic E-state index is -0.309. The van der Waals surface area contributed by atoms with Gasteiger partial charge in [-0.25, -0.2) is 0 Å². The second-order valence-corrected chi connectivity index (χ2v) is 4.88. The average Bonchev–Trinajstić information content (AvgIpc) is 3.08. The Hall–Kier alpha value is -1.26. The fourth-order valence-electron chi connectivity index (χ4n) is 1.31. The summed E-state index contributed by atoms with van der Waals surface area (Å²) in [4.78, 5) is 11.3. The number of hydrogen-bond acceptors (Lipinski definition) is 4. The summed E-state index contributed by atoms with van der Waals surface area (Å²) >= 11 is 5.90. The molecule has 5 heteroatoms. The van der Waals surface area contributed by atoms with E-state index < -0.39 is 0 Å². The Kier molecular flexibility index (Phi) is 3.78. The van der Waals surface area contributed by atoms with Gasteiger partial charge in [0.25, 0.3) is 0 Å². The van der Waals surface area contributed by atoms with Gasteiger partial charge < -0.3 is 14.2 Å². The van der Waals surface area contributed by atoms with E-state index in [1.165, 1.54) is 0 Å². The Bertz CT molecular complexity index is 454. The van der Waals surface area contributed by atoms with Gasteiger partial charge in [-0.2, -0.15) is 0 Å². The van der Waals surface area contributed by atoms with E-state index in [-0.39, 0.29) is 11.6 Å². The monoisotopic (exact) mass is 270 g/mol. The molecule has 18 heavy (non-hydrogen) atoms. The van der Waals surface area contributed by atoms with Crippen LogP contribution >= 0.6 is 11.6 Å². The van der Waals surface area contributed by atoms with E-state index in [1.54, 1.807) is 25.1 Å². The molecule has 2 rings (SSSR count). The van der Waals surface area contributed by atoms with E-state index in [9.17, 15) is 4.79 Å². The molecule has 0 saturated carbocycles.